The Bertz CT molecular complexity index is 486. The lowest BCUT2D eigenvalue weighted by atomic mass is 9.95. The Kier molecular flexibility index (Phi) is 4.06. The molecule has 0 aromatic heterocycles. The summed E-state index contributed by atoms with van der Waals surface area (Å²) in [7, 11) is 0. The van der Waals surface area contributed by atoms with Crippen molar-refractivity contribution < 1.29 is 4.79 Å². The molecule has 2 aliphatic heterocycles. The van der Waals surface area contributed by atoms with E-state index in [-0.39, 0.29) is 6.04 Å². The number of likely N-dealkylation sites (tertiary alicyclic amines) is 1. The standard InChI is InChI=1S/C17H24N2O/c1-2-5-13-8-9-19(12-13)17(20)16-10-14-6-3-4-7-15(14)11-18-16/h3-4,6-7,13,16,18H,2,5,8-12H2,1H3. The smallest absolute Gasteiger partial charge is 0.240 e. The van der Waals surface area contributed by atoms with Gasteiger partial charge in [-0.2, -0.15) is 0 Å². The molecule has 0 aliphatic carbocycles. The van der Waals surface area contributed by atoms with Gasteiger partial charge in [0.05, 0.1) is 6.04 Å². The molecule has 1 N–H and O–H groups in total. The Morgan fingerprint density at radius 1 is 1.35 bits per heavy atom. The van der Waals surface area contributed by atoms with Crippen molar-refractivity contribution in [2.45, 2.75) is 45.2 Å². The fraction of sp³-hybridized carbons (Fsp3) is 0.588. The molecule has 3 nitrogen and oxygen atoms in total. The van der Waals surface area contributed by atoms with Crippen molar-refractivity contribution in [1.29, 1.82) is 0 Å². The van der Waals surface area contributed by atoms with Crippen LogP contribution in [0.3, 0.4) is 0 Å². The van der Waals surface area contributed by atoms with Crippen LogP contribution in [0, 0.1) is 5.92 Å². The van der Waals surface area contributed by atoms with Gasteiger partial charge in [-0.25, -0.2) is 0 Å². The zero-order valence-electron chi connectivity index (χ0n) is 12.3. The number of carbonyl (C=O) groups excluding carboxylic acids is 1. The van der Waals surface area contributed by atoms with E-state index in [9.17, 15) is 4.79 Å². The lowest BCUT2D eigenvalue weighted by Gasteiger charge is -2.29. The van der Waals surface area contributed by atoms with E-state index in [1.807, 2.05) is 0 Å². The molecular formula is C17H24N2O. The summed E-state index contributed by atoms with van der Waals surface area (Å²) in [6.45, 7) is 4.96. The van der Waals surface area contributed by atoms with Gasteiger partial charge in [-0.3, -0.25) is 4.79 Å². The maximum absolute atomic E-state index is 12.6. The molecular weight excluding hydrogens is 248 g/mol. The number of fused-ring (bicyclic) bond motifs is 1. The minimum atomic E-state index is -0.0229. The molecule has 20 heavy (non-hydrogen) atoms. The van der Waals surface area contributed by atoms with Gasteiger partial charge in [0.25, 0.3) is 0 Å². The van der Waals surface area contributed by atoms with Crippen LogP contribution in [0.5, 0.6) is 0 Å². The van der Waals surface area contributed by atoms with E-state index in [4.69, 9.17) is 0 Å². The van der Waals surface area contributed by atoms with Crippen molar-refractivity contribution in [3.8, 4) is 0 Å². The molecule has 1 saturated heterocycles. The summed E-state index contributed by atoms with van der Waals surface area (Å²) >= 11 is 0. The number of rotatable bonds is 3. The molecule has 2 unspecified atom stereocenters. The quantitative estimate of drug-likeness (QED) is 0.916. The van der Waals surface area contributed by atoms with E-state index in [0.29, 0.717) is 5.91 Å². The minimum absolute atomic E-state index is 0.0229. The Hall–Kier alpha value is -1.35. The van der Waals surface area contributed by atoms with Gasteiger partial charge < -0.3 is 10.2 Å². The molecule has 3 heteroatoms. The van der Waals surface area contributed by atoms with Crippen LogP contribution in [0.2, 0.25) is 0 Å². The monoisotopic (exact) mass is 272 g/mol. The number of carbonyl (C=O) groups is 1. The number of benzene rings is 1. The minimum Gasteiger partial charge on any atom is -0.341 e. The second kappa shape index (κ2) is 5.96. The number of nitrogens with zero attached hydrogens (tertiary/aromatic N) is 1. The summed E-state index contributed by atoms with van der Waals surface area (Å²) in [5, 5.41) is 3.41. The Morgan fingerprint density at radius 2 is 2.15 bits per heavy atom. The van der Waals surface area contributed by atoms with Crippen LogP contribution in [-0.4, -0.2) is 29.9 Å². The van der Waals surface area contributed by atoms with Crippen LogP contribution in [0.25, 0.3) is 0 Å². The predicted octanol–water partition coefficient (Wildman–Crippen LogP) is 2.35. The molecule has 108 valence electrons. The van der Waals surface area contributed by atoms with E-state index in [1.54, 1.807) is 0 Å². The molecule has 1 aromatic carbocycles. The van der Waals surface area contributed by atoms with Gasteiger partial charge >= 0.3 is 0 Å². The maximum atomic E-state index is 12.6. The highest BCUT2D eigenvalue weighted by atomic mass is 16.2. The molecule has 2 heterocycles. The van der Waals surface area contributed by atoms with E-state index in [1.165, 1.54) is 30.4 Å². The zero-order valence-corrected chi connectivity index (χ0v) is 12.3. The van der Waals surface area contributed by atoms with Gasteiger partial charge in [0, 0.05) is 19.6 Å². The molecule has 2 aliphatic rings. The van der Waals surface area contributed by atoms with Crippen LogP contribution in [-0.2, 0) is 17.8 Å². The fourth-order valence-corrected chi connectivity index (χ4v) is 3.53. The number of nitrogens with one attached hydrogen (secondary N) is 1. The molecule has 1 amide bonds. The van der Waals surface area contributed by atoms with Crippen molar-refractivity contribution in [1.82, 2.24) is 10.2 Å². The van der Waals surface area contributed by atoms with Crippen molar-refractivity contribution in [2.75, 3.05) is 13.1 Å². The number of hydrogen-bond acceptors (Lipinski definition) is 2. The van der Waals surface area contributed by atoms with Gasteiger partial charge in [0.15, 0.2) is 0 Å². The maximum Gasteiger partial charge on any atom is 0.240 e. The summed E-state index contributed by atoms with van der Waals surface area (Å²) < 4.78 is 0. The zero-order chi connectivity index (χ0) is 13.9. The third kappa shape index (κ3) is 2.73. The first-order chi connectivity index (χ1) is 9.78. The third-order valence-electron chi connectivity index (χ3n) is 4.67. The highest BCUT2D eigenvalue weighted by Gasteiger charge is 2.32. The first kappa shape index (κ1) is 13.6. The Balaban J connectivity index is 1.62. The average molecular weight is 272 g/mol. The van der Waals surface area contributed by atoms with E-state index in [2.05, 4.69) is 41.4 Å². The Morgan fingerprint density at radius 3 is 2.95 bits per heavy atom. The molecule has 2 atom stereocenters. The van der Waals surface area contributed by atoms with Crippen LogP contribution < -0.4 is 5.32 Å². The second-order valence-corrected chi connectivity index (χ2v) is 6.13. The van der Waals surface area contributed by atoms with E-state index in [0.717, 1.165) is 32.0 Å². The summed E-state index contributed by atoms with van der Waals surface area (Å²) in [6.07, 6.45) is 4.50. The van der Waals surface area contributed by atoms with Crippen molar-refractivity contribution in [3.05, 3.63) is 35.4 Å². The molecule has 0 saturated carbocycles. The number of amides is 1. The van der Waals surface area contributed by atoms with E-state index >= 15 is 0 Å². The molecule has 1 fully saturated rings. The summed E-state index contributed by atoms with van der Waals surface area (Å²) in [5.74, 6) is 1.03. The number of hydrogen-bond donors (Lipinski definition) is 1. The predicted molar refractivity (Wildman–Crippen MR) is 80.4 cm³/mol. The normalized spacial score (nSPS) is 25.6. The SMILES string of the molecule is CCCC1CCN(C(=O)C2Cc3ccccc3CN2)C1. The third-order valence-corrected chi connectivity index (χ3v) is 4.67. The summed E-state index contributed by atoms with van der Waals surface area (Å²) in [4.78, 5) is 14.7. The lowest BCUT2D eigenvalue weighted by Crippen LogP contribution is -2.48. The largest absolute Gasteiger partial charge is 0.341 e. The molecule has 1 aromatic rings. The topological polar surface area (TPSA) is 32.3 Å². The van der Waals surface area contributed by atoms with Crippen molar-refractivity contribution in [2.24, 2.45) is 5.92 Å². The highest BCUT2D eigenvalue weighted by Crippen LogP contribution is 2.23. The molecule has 0 spiro atoms. The highest BCUT2D eigenvalue weighted by molar-refractivity contribution is 5.82. The molecule has 0 radical (unpaired) electrons. The van der Waals surface area contributed by atoms with Crippen LogP contribution in [0.15, 0.2) is 24.3 Å². The van der Waals surface area contributed by atoms with Crippen LogP contribution >= 0.6 is 0 Å². The van der Waals surface area contributed by atoms with Crippen molar-refractivity contribution >= 4 is 5.91 Å². The van der Waals surface area contributed by atoms with Gasteiger partial charge in [0.1, 0.15) is 0 Å². The second-order valence-electron chi connectivity index (χ2n) is 6.13. The first-order valence-electron chi connectivity index (χ1n) is 7.87. The average Bonchev–Trinajstić information content (AvgIpc) is 2.95. The molecule has 3 rings (SSSR count). The summed E-state index contributed by atoms with van der Waals surface area (Å²) in [5.41, 5.74) is 2.66. The van der Waals surface area contributed by atoms with Gasteiger partial charge in [-0.15, -0.1) is 0 Å². The first-order valence-corrected chi connectivity index (χ1v) is 7.87. The van der Waals surface area contributed by atoms with Crippen LogP contribution in [0.1, 0.15) is 37.3 Å². The van der Waals surface area contributed by atoms with Crippen LogP contribution in [0.4, 0.5) is 0 Å². The lowest BCUT2D eigenvalue weighted by molar-refractivity contribution is -0.132. The van der Waals surface area contributed by atoms with Gasteiger partial charge in [0.2, 0.25) is 5.91 Å². The van der Waals surface area contributed by atoms with Gasteiger partial charge in [-0.05, 0) is 36.3 Å². The Labute approximate surface area is 121 Å². The summed E-state index contributed by atoms with van der Waals surface area (Å²) in [6, 6.07) is 8.42. The fourth-order valence-electron chi connectivity index (χ4n) is 3.53. The van der Waals surface area contributed by atoms with Gasteiger partial charge in [-0.1, -0.05) is 37.6 Å². The van der Waals surface area contributed by atoms with E-state index < -0.39 is 0 Å². The van der Waals surface area contributed by atoms with Crippen molar-refractivity contribution in [3.63, 3.8) is 0 Å². The molecule has 0 bridgehead atoms.